The minimum Gasteiger partial charge on any atom is -0.459 e. The molecule has 0 aliphatic carbocycles. The molecule has 0 saturated carbocycles. The zero-order chi connectivity index (χ0) is 40.1. The van der Waals surface area contributed by atoms with Gasteiger partial charge in [-0.3, -0.25) is 19.3 Å². The van der Waals surface area contributed by atoms with E-state index in [1.807, 2.05) is 46.4 Å². The van der Waals surface area contributed by atoms with E-state index < -0.39 is 30.3 Å². The Bertz CT molecular complexity index is 1540. The van der Waals surface area contributed by atoms with E-state index in [-0.39, 0.29) is 42.3 Å². The molecule has 0 spiro atoms. The standard InChI is InChI=1S/C28H31NO8.C11H21NO2.C2H6/c1-18-13-23(29(14-18)27(34)37-28(2,3)4)26(33)36-16-25(32)22-11-7-20(8-12-22)19-5-9-21(10-6-19)24(31)15-35-17-30;1-8-6-9(2)12(7-8)10(13)14-11(3,4)5;1-2/h5-12,17-18,23H,13-16H2,1-4H3;8-9H,6-7H2,1-5H3;1-2H3. The number of ether oxygens (including phenoxy) is 4. The van der Waals surface area contributed by atoms with Crippen molar-refractivity contribution in [3.8, 4) is 11.1 Å². The number of Topliss-reactive ketones (excluding diaryl/α,β-unsaturated/α-hetero) is 2. The van der Waals surface area contributed by atoms with Crippen LogP contribution in [-0.4, -0.2) is 95.6 Å². The van der Waals surface area contributed by atoms with Crippen LogP contribution in [0.3, 0.4) is 0 Å². The van der Waals surface area contributed by atoms with Crippen LogP contribution in [0.2, 0.25) is 0 Å². The lowest BCUT2D eigenvalue weighted by Gasteiger charge is -2.27. The van der Waals surface area contributed by atoms with Crippen LogP contribution >= 0.6 is 0 Å². The zero-order valence-electron chi connectivity index (χ0n) is 33.2. The van der Waals surface area contributed by atoms with Gasteiger partial charge in [0, 0.05) is 30.3 Å². The second-order valence-corrected chi connectivity index (χ2v) is 15.3. The zero-order valence-corrected chi connectivity index (χ0v) is 33.2. The van der Waals surface area contributed by atoms with Gasteiger partial charge in [-0.25, -0.2) is 14.4 Å². The predicted octanol–water partition coefficient (Wildman–Crippen LogP) is 7.76. The van der Waals surface area contributed by atoms with Gasteiger partial charge in [-0.2, -0.15) is 0 Å². The van der Waals surface area contributed by atoms with Crippen molar-refractivity contribution in [2.45, 2.75) is 112 Å². The summed E-state index contributed by atoms with van der Waals surface area (Å²) in [7, 11) is 0. The quantitative estimate of drug-likeness (QED) is 0.108. The molecule has 2 aromatic carbocycles. The first kappa shape index (κ1) is 44.4. The monoisotopic (exact) mass is 738 g/mol. The molecule has 2 aliphatic heterocycles. The van der Waals surface area contributed by atoms with Crippen molar-refractivity contribution in [1.29, 1.82) is 0 Å². The summed E-state index contributed by atoms with van der Waals surface area (Å²) in [6.07, 6.45) is 0.774. The lowest BCUT2D eigenvalue weighted by atomic mass is 10.0. The highest BCUT2D eigenvalue weighted by molar-refractivity contribution is 5.99. The third-order valence-corrected chi connectivity index (χ3v) is 8.20. The Morgan fingerprint density at radius 1 is 0.660 bits per heavy atom. The maximum Gasteiger partial charge on any atom is 0.411 e. The van der Waals surface area contributed by atoms with Crippen molar-refractivity contribution >= 4 is 36.2 Å². The Kier molecular flexibility index (Phi) is 16.7. The summed E-state index contributed by atoms with van der Waals surface area (Å²) in [5.74, 6) is -0.614. The normalized spacial score (nSPS) is 19.5. The minimum atomic E-state index is -0.792. The number of esters is 1. The molecule has 0 radical (unpaired) electrons. The van der Waals surface area contributed by atoms with Gasteiger partial charge in [0.2, 0.25) is 0 Å². The number of likely N-dealkylation sites (tertiary alicyclic amines) is 2. The van der Waals surface area contributed by atoms with Crippen molar-refractivity contribution < 1.29 is 47.7 Å². The molecular formula is C41H58N2O10. The molecule has 4 unspecified atom stereocenters. The Morgan fingerprint density at radius 2 is 1.08 bits per heavy atom. The smallest absolute Gasteiger partial charge is 0.411 e. The molecule has 0 bridgehead atoms. The summed E-state index contributed by atoms with van der Waals surface area (Å²) < 4.78 is 20.5. The Hall–Kier alpha value is -4.74. The molecule has 292 valence electrons. The number of carbonyl (C=O) groups is 6. The molecule has 53 heavy (non-hydrogen) atoms. The first-order valence-corrected chi connectivity index (χ1v) is 18.3. The highest BCUT2D eigenvalue weighted by atomic mass is 16.6. The Morgan fingerprint density at radius 3 is 1.49 bits per heavy atom. The average molecular weight is 739 g/mol. The lowest BCUT2D eigenvalue weighted by molar-refractivity contribution is -0.147. The molecule has 0 N–H and O–H groups in total. The van der Waals surface area contributed by atoms with Crippen LogP contribution in [0, 0.1) is 11.8 Å². The van der Waals surface area contributed by atoms with E-state index in [9.17, 15) is 28.8 Å². The molecule has 12 nitrogen and oxygen atoms in total. The van der Waals surface area contributed by atoms with Gasteiger partial charge in [-0.15, -0.1) is 0 Å². The molecular weight excluding hydrogens is 680 g/mol. The van der Waals surface area contributed by atoms with Gasteiger partial charge in [0.05, 0.1) is 0 Å². The molecule has 0 aromatic heterocycles. The summed E-state index contributed by atoms with van der Waals surface area (Å²) in [6, 6.07) is 13.1. The van der Waals surface area contributed by atoms with E-state index >= 15 is 0 Å². The number of hydrogen-bond donors (Lipinski definition) is 0. The van der Waals surface area contributed by atoms with Crippen LogP contribution in [0.4, 0.5) is 9.59 Å². The SMILES string of the molecule is CC.CC1CC(C(=O)OCC(=O)c2ccc(-c3ccc(C(=O)COC=O)cc3)cc2)N(C(=O)OC(C)(C)C)C1.CC1CC(C)N(C(=O)OC(C)(C)C)C1. The van der Waals surface area contributed by atoms with Crippen LogP contribution in [0.1, 0.15) is 110 Å². The predicted molar refractivity (Wildman–Crippen MR) is 202 cm³/mol. The van der Waals surface area contributed by atoms with Crippen LogP contribution in [-0.2, 0) is 28.5 Å². The van der Waals surface area contributed by atoms with E-state index in [0.717, 1.165) is 24.1 Å². The first-order chi connectivity index (χ1) is 24.8. The second-order valence-electron chi connectivity index (χ2n) is 15.3. The average Bonchev–Trinajstić information content (AvgIpc) is 3.66. The summed E-state index contributed by atoms with van der Waals surface area (Å²) >= 11 is 0. The van der Waals surface area contributed by atoms with E-state index in [0.29, 0.717) is 36.1 Å². The molecule has 2 aromatic rings. The number of rotatable bonds is 9. The second kappa shape index (κ2) is 19.9. The molecule has 4 rings (SSSR count). The number of ketones is 2. The van der Waals surface area contributed by atoms with Gasteiger partial charge in [0.25, 0.3) is 6.47 Å². The van der Waals surface area contributed by atoms with Gasteiger partial charge in [-0.1, -0.05) is 76.2 Å². The molecule has 4 atom stereocenters. The van der Waals surface area contributed by atoms with Gasteiger partial charge in [0.1, 0.15) is 17.2 Å². The van der Waals surface area contributed by atoms with Crippen LogP contribution in [0.5, 0.6) is 0 Å². The Labute approximate surface area is 314 Å². The third kappa shape index (κ3) is 14.3. The highest BCUT2D eigenvalue weighted by Crippen LogP contribution is 2.27. The van der Waals surface area contributed by atoms with E-state index in [2.05, 4.69) is 18.6 Å². The molecule has 2 fully saturated rings. The molecule has 2 saturated heterocycles. The number of hydrogen-bond acceptors (Lipinski definition) is 10. The van der Waals surface area contributed by atoms with Gasteiger partial charge in [-0.05, 0) is 84.3 Å². The van der Waals surface area contributed by atoms with E-state index in [1.54, 1.807) is 69.3 Å². The number of nitrogens with zero attached hydrogens (tertiary/aromatic N) is 2. The Balaban J connectivity index is 0.000000507. The minimum absolute atomic E-state index is 0.102. The third-order valence-electron chi connectivity index (χ3n) is 8.20. The summed E-state index contributed by atoms with van der Waals surface area (Å²) in [4.78, 5) is 74.9. The van der Waals surface area contributed by atoms with Crippen LogP contribution in [0.15, 0.2) is 48.5 Å². The fourth-order valence-corrected chi connectivity index (χ4v) is 5.87. The van der Waals surface area contributed by atoms with Gasteiger partial charge >= 0.3 is 18.2 Å². The maximum absolute atomic E-state index is 12.7. The lowest BCUT2D eigenvalue weighted by Crippen LogP contribution is -2.44. The molecule has 12 heteroatoms. The topological polar surface area (TPSA) is 146 Å². The van der Waals surface area contributed by atoms with Crippen molar-refractivity contribution in [3.05, 3.63) is 59.7 Å². The maximum atomic E-state index is 12.7. The van der Waals surface area contributed by atoms with Crippen LogP contribution in [0.25, 0.3) is 11.1 Å². The fourth-order valence-electron chi connectivity index (χ4n) is 5.87. The molecule has 2 heterocycles. The largest absolute Gasteiger partial charge is 0.459 e. The molecule has 2 aliphatic rings. The summed E-state index contributed by atoms with van der Waals surface area (Å²) in [5.41, 5.74) is 1.37. The van der Waals surface area contributed by atoms with E-state index in [4.69, 9.17) is 14.2 Å². The van der Waals surface area contributed by atoms with Crippen molar-refractivity contribution in [1.82, 2.24) is 9.80 Å². The number of amides is 2. The first-order valence-electron chi connectivity index (χ1n) is 18.3. The van der Waals surface area contributed by atoms with Gasteiger partial charge in [0.15, 0.2) is 24.8 Å². The van der Waals surface area contributed by atoms with Crippen molar-refractivity contribution in [3.63, 3.8) is 0 Å². The number of benzene rings is 2. The summed E-state index contributed by atoms with van der Waals surface area (Å²) in [5, 5.41) is 0. The van der Waals surface area contributed by atoms with E-state index in [1.165, 1.54) is 4.90 Å². The summed E-state index contributed by atoms with van der Waals surface area (Å²) in [6.45, 7) is 21.8. The molecule has 2 amide bonds. The number of carbonyl (C=O) groups excluding carboxylic acids is 6. The van der Waals surface area contributed by atoms with Crippen LogP contribution < -0.4 is 0 Å². The van der Waals surface area contributed by atoms with Crippen molar-refractivity contribution in [2.24, 2.45) is 11.8 Å². The van der Waals surface area contributed by atoms with Gasteiger partial charge < -0.3 is 23.8 Å². The highest BCUT2D eigenvalue weighted by Gasteiger charge is 2.41. The fraction of sp³-hybridized carbons (Fsp3) is 0.561. The van der Waals surface area contributed by atoms with Crippen molar-refractivity contribution in [2.75, 3.05) is 26.3 Å².